The lowest BCUT2D eigenvalue weighted by Crippen LogP contribution is -2.41. The first-order chi connectivity index (χ1) is 24.3. The number of methoxy groups -OCH3 is 3. The molecule has 12 heteroatoms. The van der Waals surface area contributed by atoms with Gasteiger partial charge in [-0.3, -0.25) is 14.4 Å². The number of ether oxygens (including phenoxy) is 3. The molecule has 0 spiro atoms. The van der Waals surface area contributed by atoms with Crippen LogP contribution in [0.25, 0.3) is 22.2 Å². The quantitative estimate of drug-likeness (QED) is 0.107. The van der Waals surface area contributed by atoms with Gasteiger partial charge in [-0.1, -0.05) is 24.6 Å². The second-order valence-electron chi connectivity index (χ2n) is 12.4. The number of carbonyl (C=O) groups is 2. The number of imidazole rings is 1. The molecule has 1 aliphatic rings. The highest BCUT2D eigenvalue weighted by atomic mass is 32.2. The van der Waals surface area contributed by atoms with Crippen molar-refractivity contribution < 1.29 is 23.8 Å². The minimum absolute atomic E-state index is 0.149. The standard InChI is InChI=1S/C38H47N5O6S/c1-23(44)40-27-16-14-24-21-33(47-2)36(48-3)37(49-4)35(24)25-15-17-30(32(45)22-26(25)27)41-31(18-20-50-5)38(46)39-19-10-6-7-13-34-42-28-11-8-9-12-29(28)43-34/h8-9,11-12,15,17,21-22,27,31H,6-7,10,13-14,16,18-20H2,1-5H3,(H,39,46)(H,40,44)(H,41,45)(H,42,43). The van der Waals surface area contributed by atoms with Crippen molar-refractivity contribution in [3.05, 3.63) is 75.7 Å². The molecule has 2 atom stereocenters. The minimum Gasteiger partial charge on any atom is -0.493 e. The Kier molecular flexibility index (Phi) is 12.6. The van der Waals surface area contributed by atoms with Crippen LogP contribution in [0.4, 0.5) is 5.69 Å². The Hall–Kier alpha value is -4.71. The fraction of sp³-hybridized carbons (Fsp3) is 0.421. The first-order valence-corrected chi connectivity index (χ1v) is 18.4. The van der Waals surface area contributed by atoms with E-state index in [-0.39, 0.29) is 17.2 Å². The number of aromatic amines is 1. The summed E-state index contributed by atoms with van der Waals surface area (Å²) in [4.78, 5) is 47.7. The number of amides is 2. The van der Waals surface area contributed by atoms with Crippen molar-refractivity contribution in [3.8, 4) is 28.4 Å². The summed E-state index contributed by atoms with van der Waals surface area (Å²) in [6, 6.07) is 14.0. The van der Waals surface area contributed by atoms with Crippen LogP contribution >= 0.6 is 11.8 Å². The number of anilines is 1. The number of aromatic nitrogens is 2. The van der Waals surface area contributed by atoms with Crippen molar-refractivity contribution in [3.63, 3.8) is 0 Å². The zero-order chi connectivity index (χ0) is 35.6. The van der Waals surface area contributed by atoms with E-state index in [1.54, 1.807) is 45.2 Å². The molecule has 0 fully saturated rings. The summed E-state index contributed by atoms with van der Waals surface area (Å²) < 4.78 is 17.2. The Morgan fingerprint density at radius 2 is 1.82 bits per heavy atom. The van der Waals surface area contributed by atoms with E-state index in [1.165, 1.54) is 6.92 Å². The zero-order valence-electron chi connectivity index (χ0n) is 29.4. The predicted octanol–water partition coefficient (Wildman–Crippen LogP) is 5.80. The van der Waals surface area contributed by atoms with Gasteiger partial charge in [0.1, 0.15) is 11.9 Å². The topological polar surface area (TPSA) is 144 Å². The van der Waals surface area contributed by atoms with Gasteiger partial charge in [0.15, 0.2) is 11.5 Å². The van der Waals surface area contributed by atoms with Gasteiger partial charge in [0.2, 0.25) is 23.0 Å². The summed E-state index contributed by atoms with van der Waals surface area (Å²) in [5.74, 6) is 2.82. The van der Waals surface area contributed by atoms with E-state index in [0.717, 1.165) is 65.0 Å². The first kappa shape index (κ1) is 36.6. The van der Waals surface area contributed by atoms with Gasteiger partial charge in [-0.2, -0.15) is 11.8 Å². The van der Waals surface area contributed by atoms with Crippen LogP contribution in [-0.2, 0) is 22.4 Å². The van der Waals surface area contributed by atoms with Gasteiger partial charge in [0.25, 0.3) is 0 Å². The van der Waals surface area contributed by atoms with Crippen molar-refractivity contribution in [2.45, 2.75) is 64.0 Å². The van der Waals surface area contributed by atoms with Crippen molar-refractivity contribution in [1.29, 1.82) is 0 Å². The summed E-state index contributed by atoms with van der Waals surface area (Å²) in [5, 5.41) is 9.37. The zero-order valence-corrected chi connectivity index (χ0v) is 30.3. The van der Waals surface area contributed by atoms with E-state index in [0.29, 0.717) is 54.3 Å². The number of rotatable bonds is 16. The third kappa shape index (κ3) is 8.53. The number of para-hydroxylation sites is 2. The maximum Gasteiger partial charge on any atom is 0.242 e. The Labute approximate surface area is 297 Å². The van der Waals surface area contributed by atoms with Crippen LogP contribution in [0.5, 0.6) is 17.2 Å². The van der Waals surface area contributed by atoms with E-state index in [2.05, 4.69) is 25.9 Å². The van der Waals surface area contributed by atoms with Crippen molar-refractivity contribution >= 4 is 40.3 Å². The Morgan fingerprint density at radius 1 is 1.02 bits per heavy atom. The fourth-order valence-corrected chi connectivity index (χ4v) is 7.04. The Balaban J connectivity index is 1.35. The minimum atomic E-state index is -0.606. The van der Waals surface area contributed by atoms with Crippen LogP contribution in [0.3, 0.4) is 0 Å². The van der Waals surface area contributed by atoms with E-state index >= 15 is 0 Å². The summed E-state index contributed by atoms with van der Waals surface area (Å²) >= 11 is 1.64. The number of nitrogens with zero attached hydrogens (tertiary/aromatic N) is 1. The summed E-state index contributed by atoms with van der Waals surface area (Å²) in [5.41, 5.74) is 5.14. The highest BCUT2D eigenvalue weighted by Gasteiger charge is 2.30. The average Bonchev–Trinajstić information content (AvgIpc) is 3.39. The molecule has 4 aromatic rings. The number of carbonyl (C=O) groups excluding carboxylic acids is 2. The van der Waals surface area contributed by atoms with Gasteiger partial charge in [-0.25, -0.2) is 4.98 Å². The third-order valence-electron chi connectivity index (χ3n) is 9.00. The molecule has 266 valence electrons. The summed E-state index contributed by atoms with van der Waals surface area (Å²) in [6.07, 6.45) is 7.28. The molecule has 0 saturated carbocycles. The van der Waals surface area contributed by atoms with Gasteiger partial charge in [-0.15, -0.1) is 0 Å². The number of unbranched alkanes of at least 4 members (excludes halogenated alkanes) is 2. The monoisotopic (exact) mass is 701 g/mol. The SMILES string of the molecule is COc1cc2c(c(OC)c1OC)-c1ccc(NC(CCSC)C(=O)NCCCCCc3nc4ccccc4[nH]3)c(=O)cc1C(NC(C)=O)CC2. The molecule has 0 saturated heterocycles. The van der Waals surface area contributed by atoms with Crippen LogP contribution in [0.1, 0.15) is 62.0 Å². The van der Waals surface area contributed by atoms with Gasteiger partial charge in [0, 0.05) is 25.5 Å². The normalized spacial score (nSPS) is 14.1. The predicted molar refractivity (Wildman–Crippen MR) is 200 cm³/mol. The lowest BCUT2D eigenvalue weighted by Gasteiger charge is -2.19. The number of nitrogens with one attached hydrogen (secondary N) is 4. The molecule has 5 rings (SSSR count). The molecule has 1 heterocycles. The second-order valence-corrected chi connectivity index (χ2v) is 13.4. The molecule has 4 N–H and O–H groups in total. The first-order valence-electron chi connectivity index (χ1n) is 17.0. The van der Waals surface area contributed by atoms with Crippen molar-refractivity contribution in [2.75, 3.05) is 45.2 Å². The van der Waals surface area contributed by atoms with Crippen LogP contribution in [0.2, 0.25) is 0 Å². The molecule has 0 radical (unpaired) electrons. The van der Waals surface area contributed by atoms with E-state index in [4.69, 9.17) is 14.2 Å². The van der Waals surface area contributed by atoms with Gasteiger partial charge < -0.3 is 35.1 Å². The molecule has 1 aromatic heterocycles. The molecule has 2 amide bonds. The molecule has 0 bridgehead atoms. The number of hydrogen-bond donors (Lipinski definition) is 4. The molecule has 50 heavy (non-hydrogen) atoms. The van der Waals surface area contributed by atoms with Crippen LogP contribution in [0.15, 0.2) is 53.3 Å². The lowest BCUT2D eigenvalue weighted by molar-refractivity contribution is -0.122. The lowest BCUT2D eigenvalue weighted by atomic mass is 9.95. The number of benzene rings is 2. The maximum absolute atomic E-state index is 13.9. The molecular formula is C38H47N5O6S. The number of H-pyrrole nitrogens is 1. The van der Waals surface area contributed by atoms with Crippen molar-refractivity contribution in [2.24, 2.45) is 0 Å². The van der Waals surface area contributed by atoms with Gasteiger partial charge in [0.05, 0.1) is 44.1 Å². The number of hydrogen-bond acceptors (Lipinski definition) is 9. The highest BCUT2D eigenvalue weighted by Crippen LogP contribution is 2.50. The largest absolute Gasteiger partial charge is 0.493 e. The maximum atomic E-state index is 13.9. The van der Waals surface area contributed by atoms with Crippen LogP contribution in [0, 0.1) is 0 Å². The van der Waals surface area contributed by atoms with Crippen molar-refractivity contribution in [1.82, 2.24) is 20.6 Å². The van der Waals surface area contributed by atoms with Gasteiger partial charge >= 0.3 is 0 Å². The molecular weight excluding hydrogens is 655 g/mol. The Morgan fingerprint density at radius 3 is 2.54 bits per heavy atom. The second kappa shape index (κ2) is 17.3. The number of aryl methyl sites for hydroxylation is 2. The average molecular weight is 702 g/mol. The third-order valence-corrected chi connectivity index (χ3v) is 9.64. The Bertz CT molecular complexity index is 1850. The fourth-order valence-electron chi connectivity index (χ4n) is 6.57. The van der Waals surface area contributed by atoms with E-state index < -0.39 is 12.1 Å². The van der Waals surface area contributed by atoms with Crippen LogP contribution < -0.4 is 35.6 Å². The highest BCUT2D eigenvalue weighted by molar-refractivity contribution is 7.98. The molecule has 3 aromatic carbocycles. The molecule has 1 aliphatic carbocycles. The number of thioether (sulfide) groups is 1. The summed E-state index contributed by atoms with van der Waals surface area (Å²) in [6.45, 7) is 2.01. The molecule has 2 unspecified atom stereocenters. The van der Waals surface area contributed by atoms with E-state index in [9.17, 15) is 14.4 Å². The smallest absolute Gasteiger partial charge is 0.242 e. The van der Waals surface area contributed by atoms with Crippen LogP contribution in [-0.4, -0.2) is 67.7 Å². The number of fused-ring (bicyclic) bond motifs is 4. The summed E-state index contributed by atoms with van der Waals surface area (Å²) in [7, 11) is 4.69. The molecule has 0 aliphatic heterocycles. The molecule has 11 nitrogen and oxygen atoms in total. The van der Waals surface area contributed by atoms with Gasteiger partial charge in [-0.05, 0) is 91.1 Å². The van der Waals surface area contributed by atoms with E-state index in [1.807, 2.05) is 42.7 Å².